The SMILES string of the molecule is COc1ccccc1C(CC(C)C)Nc1ccc([N+](=O)[O-])cn1. The van der Waals surface area contributed by atoms with E-state index in [1.54, 1.807) is 13.2 Å². The Balaban J connectivity index is 2.26. The minimum atomic E-state index is -0.456. The van der Waals surface area contributed by atoms with Gasteiger partial charge in [-0.25, -0.2) is 4.98 Å². The molecule has 6 heteroatoms. The van der Waals surface area contributed by atoms with E-state index in [1.807, 2.05) is 24.3 Å². The molecule has 0 aliphatic rings. The van der Waals surface area contributed by atoms with Gasteiger partial charge in [0.15, 0.2) is 0 Å². The maximum atomic E-state index is 10.7. The van der Waals surface area contributed by atoms with E-state index in [4.69, 9.17) is 4.74 Å². The van der Waals surface area contributed by atoms with Crippen molar-refractivity contribution in [1.29, 1.82) is 0 Å². The van der Waals surface area contributed by atoms with Gasteiger partial charge in [-0.15, -0.1) is 0 Å². The van der Waals surface area contributed by atoms with Crippen LogP contribution < -0.4 is 10.1 Å². The lowest BCUT2D eigenvalue weighted by Gasteiger charge is -2.23. The molecule has 23 heavy (non-hydrogen) atoms. The number of methoxy groups -OCH3 is 1. The highest BCUT2D eigenvalue weighted by atomic mass is 16.6. The summed E-state index contributed by atoms with van der Waals surface area (Å²) < 4.78 is 5.45. The summed E-state index contributed by atoms with van der Waals surface area (Å²) in [6.45, 7) is 4.29. The lowest BCUT2D eigenvalue weighted by Crippen LogP contribution is -2.15. The summed E-state index contributed by atoms with van der Waals surface area (Å²) in [6.07, 6.45) is 2.15. The number of ether oxygens (including phenoxy) is 1. The Morgan fingerprint density at radius 1 is 1.26 bits per heavy atom. The molecule has 0 saturated carbocycles. The summed E-state index contributed by atoms with van der Waals surface area (Å²) in [5.41, 5.74) is 1.03. The number of benzene rings is 1. The van der Waals surface area contributed by atoms with Crippen molar-refractivity contribution in [2.75, 3.05) is 12.4 Å². The van der Waals surface area contributed by atoms with Crippen LogP contribution in [0, 0.1) is 16.0 Å². The molecule has 0 saturated heterocycles. The second-order valence-electron chi connectivity index (χ2n) is 5.73. The maximum absolute atomic E-state index is 10.7. The van der Waals surface area contributed by atoms with Crippen molar-refractivity contribution in [2.24, 2.45) is 5.92 Å². The first kappa shape index (κ1) is 16.7. The number of nitrogens with zero attached hydrogens (tertiary/aromatic N) is 2. The van der Waals surface area contributed by atoms with E-state index in [-0.39, 0.29) is 11.7 Å². The Kier molecular flexibility index (Phi) is 5.51. The number of para-hydroxylation sites is 1. The summed E-state index contributed by atoms with van der Waals surface area (Å²) in [7, 11) is 1.65. The predicted octanol–water partition coefficient (Wildman–Crippen LogP) is 4.20. The Labute approximate surface area is 135 Å². The minimum absolute atomic E-state index is 0.0140. The van der Waals surface area contributed by atoms with Crippen molar-refractivity contribution in [3.63, 3.8) is 0 Å². The van der Waals surface area contributed by atoms with Crippen LogP contribution in [-0.2, 0) is 0 Å². The van der Waals surface area contributed by atoms with E-state index < -0.39 is 4.92 Å². The normalized spacial score (nSPS) is 12.0. The molecule has 0 aliphatic heterocycles. The minimum Gasteiger partial charge on any atom is -0.496 e. The maximum Gasteiger partial charge on any atom is 0.287 e. The van der Waals surface area contributed by atoms with Crippen molar-refractivity contribution in [3.8, 4) is 5.75 Å². The third kappa shape index (κ3) is 4.42. The van der Waals surface area contributed by atoms with Gasteiger partial charge in [-0.3, -0.25) is 10.1 Å². The molecule has 0 aliphatic carbocycles. The third-order valence-corrected chi connectivity index (χ3v) is 3.50. The highest BCUT2D eigenvalue weighted by molar-refractivity contribution is 5.45. The molecule has 1 aromatic carbocycles. The smallest absolute Gasteiger partial charge is 0.287 e. The Morgan fingerprint density at radius 3 is 2.57 bits per heavy atom. The number of nitro groups is 1. The summed E-state index contributed by atoms with van der Waals surface area (Å²) >= 11 is 0. The molecule has 1 atom stereocenters. The fraction of sp³-hybridized carbons (Fsp3) is 0.353. The van der Waals surface area contributed by atoms with Crippen LogP contribution in [0.5, 0.6) is 5.75 Å². The molecule has 0 spiro atoms. The number of nitrogens with one attached hydrogen (secondary N) is 1. The van der Waals surface area contributed by atoms with Gasteiger partial charge in [-0.05, 0) is 24.5 Å². The molecule has 6 nitrogen and oxygen atoms in total. The molecule has 1 aromatic heterocycles. The van der Waals surface area contributed by atoms with Gasteiger partial charge in [0.1, 0.15) is 17.8 Å². The monoisotopic (exact) mass is 315 g/mol. The van der Waals surface area contributed by atoms with E-state index >= 15 is 0 Å². The molecule has 0 bridgehead atoms. The van der Waals surface area contributed by atoms with Crippen LogP contribution in [-0.4, -0.2) is 17.0 Å². The largest absolute Gasteiger partial charge is 0.496 e. The second-order valence-corrected chi connectivity index (χ2v) is 5.73. The zero-order valence-corrected chi connectivity index (χ0v) is 13.5. The molecule has 0 amide bonds. The van der Waals surface area contributed by atoms with Gasteiger partial charge in [-0.1, -0.05) is 32.0 Å². The number of hydrogen-bond donors (Lipinski definition) is 1. The van der Waals surface area contributed by atoms with Gasteiger partial charge in [0.05, 0.1) is 18.1 Å². The summed E-state index contributed by atoms with van der Waals surface area (Å²) in [4.78, 5) is 14.4. The van der Waals surface area contributed by atoms with Crippen molar-refractivity contribution >= 4 is 11.5 Å². The van der Waals surface area contributed by atoms with Gasteiger partial charge in [-0.2, -0.15) is 0 Å². The van der Waals surface area contributed by atoms with Crippen molar-refractivity contribution in [3.05, 3.63) is 58.3 Å². The third-order valence-electron chi connectivity index (χ3n) is 3.50. The van der Waals surface area contributed by atoms with Gasteiger partial charge < -0.3 is 10.1 Å². The van der Waals surface area contributed by atoms with Crippen molar-refractivity contribution in [2.45, 2.75) is 26.3 Å². The van der Waals surface area contributed by atoms with Gasteiger partial charge in [0.2, 0.25) is 0 Å². The molecule has 0 fully saturated rings. The first-order chi connectivity index (χ1) is 11.0. The number of anilines is 1. The van der Waals surface area contributed by atoms with E-state index in [2.05, 4.69) is 24.1 Å². The zero-order valence-electron chi connectivity index (χ0n) is 13.5. The van der Waals surface area contributed by atoms with E-state index in [9.17, 15) is 10.1 Å². The average molecular weight is 315 g/mol. The molecule has 2 rings (SSSR count). The summed E-state index contributed by atoms with van der Waals surface area (Å²) in [6, 6.07) is 10.9. The zero-order chi connectivity index (χ0) is 16.8. The van der Waals surface area contributed by atoms with Crippen LogP contribution >= 0.6 is 0 Å². The van der Waals surface area contributed by atoms with E-state index in [1.165, 1.54) is 12.3 Å². The van der Waals surface area contributed by atoms with Crippen LogP contribution in [0.4, 0.5) is 11.5 Å². The number of aromatic nitrogens is 1. The number of hydrogen-bond acceptors (Lipinski definition) is 5. The summed E-state index contributed by atoms with van der Waals surface area (Å²) in [5.74, 6) is 1.88. The van der Waals surface area contributed by atoms with Crippen LogP contribution in [0.15, 0.2) is 42.6 Å². The van der Waals surface area contributed by atoms with Gasteiger partial charge >= 0.3 is 0 Å². The van der Waals surface area contributed by atoms with Gasteiger partial charge in [0, 0.05) is 11.6 Å². The van der Waals surface area contributed by atoms with Gasteiger partial charge in [0.25, 0.3) is 5.69 Å². The standard InChI is InChI=1S/C17H21N3O3/c1-12(2)10-15(14-6-4-5-7-16(14)23-3)19-17-9-8-13(11-18-17)20(21)22/h4-9,11-12,15H,10H2,1-3H3,(H,18,19). The molecular formula is C17H21N3O3. The van der Waals surface area contributed by atoms with Crippen LogP contribution in [0.1, 0.15) is 31.9 Å². The highest BCUT2D eigenvalue weighted by Gasteiger charge is 2.18. The van der Waals surface area contributed by atoms with Crippen molar-refractivity contribution in [1.82, 2.24) is 4.98 Å². The Morgan fingerprint density at radius 2 is 2.00 bits per heavy atom. The van der Waals surface area contributed by atoms with Crippen molar-refractivity contribution < 1.29 is 9.66 Å². The molecule has 1 N–H and O–H groups in total. The first-order valence-electron chi connectivity index (χ1n) is 7.51. The summed E-state index contributed by atoms with van der Waals surface area (Å²) in [5, 5.41) is 14.1. The molecule has 1 unspecified atom stereocenters. The van der Waals surface area contributed by atoms with E-state index in [0.29, 0.717) is 11.7 Å². The van der Waals surface area contributed by atoms with Crippen LogP contribution in [0.25, 0.3) is 0 Å². The number of pyridine rings is 1. The number of rotatable bonds is 7. The highest BCUT2D eigenvalue weighted by Crippen LogP contribution is 2.32. The molecular weight excluding hydrogens is 294 g/mol. The molecule has 122 valence electrons. The molecule has 2 aromatic rings. The lowest BCUT2D eigenvalue weighted by atomic mass is 9.96. The fourth-order valence-electron chi connectivity index (χ4n) is 2.45. The Bertz CT molecular complexity index is 656. The first-order valence-corrected chi connectivity index (χ1v) is 7.51. The lowest BCUT2D eigenvalue weighted by molar-refractivity contribution is -0.385. The second kappa shape index (κ2) is 7.58. The van der Waals surface area contributed by atoms with E-state index in [0.717, 1.165) is 17.7 Å². The van der Waals surface area contributed by atoms with Crippen LogP contribution in [0.3, 0.4) is 0 Å². The average Bonchev–Trinajstić information content (AvgIpc) is 2.54. The Hall–Kier alpha value is -2.63. The topological polar surface area (TPSA) is 77.3 Å². The predicted molar refractivity (Wildman–Crippen MR) is 89.7 cm³/mol. The quantitative estimate of drug-likeness (QED) is 0.612. The molecule has 0 radical (unpaired) electrons. The fourth-order valence-corrected chi connectivity index (χ4v) is 2.45. The van der Waals surface area contributed by atoms with Crippen LogP contribution in [0.2, 0.25) is 0 Å². The molecule has 1 heterocycles.